The number of fused-ring (bicyclic) bond motifs is 1. The normalized spacial score (nSPS) is 15.1. The van der Waals surface area contributed by atoms with Crippen molar-refractivity contribution >= 4 is 22.9 Å². The number of hydrogen-bond donors (Lipinski definition) is 2. The van der Waals surface area contributed by atoms with Crippen molar-refractivity contribution in [1.29, 1.82) is 0 Å². The third-order valence-electron chi connectivity index (χ3n) is 5.12. The topological polar surface area (TPSA) is 89.8 Å². The number of piperazine rings is 1. The first-order valence-electron chi connectivity index (χ1n) is 9.96. The maximum absolute atomic E-state index is 12.4. The van der Waals surface area contributed by atoms with Crippen LogP contribution in [-0.2, 0) is 6.42 Å². The van der Waals surface area contributed by atoms with Crippen LogP contribution in [0.1, 0.15) is 22.8 Å². The number of H-pyrrole nitrogens is 1. The lowest BCUT2D eigenvalue weighted by Gasteiger charge is -2.36. The number of aromatic nitrogens is 2. The average Bonchev–Trinajstić information content (AvgIpc) is 3.43. The number of para-hydroxylation sites is 2. The molecule has 4 rings (SSSR count). The fourth-order valence-corrected chi connectivity index (χ4v) is 3.59. The third kappa shape index (κ3) is 4.42. The Balaban J connectivity index is 1.22. The Bertz CT molecular complexity index is 937. The van der Waals surface area contributed by atoms with Crippen molar-refractivity contribution in [3.63, 3.8) is 0 Å². The van der Waals surface area contributed by atoms with Gasteiger partial charge in [-0.1, -0.05) is 12.1 Å². The maximum atomic E-state index is 12.4. The van der Waals surface area contributed by atoms with Crippen LogP contribution in [0.4, 0.5) is 0 Å². The van der Waals surface area contributed by atoms with Gasteiger partial charge >= 0.3 is 0 Å². The Morgan fingerprint density at radius 2 is 1.97 bits per heavy atom. The van der Waals surface area contributed by atoms with Crippen molar-refractivity contribution in [1.82, 2.24) is 25.1 Å². The standard InChI is InChI=1S/C21H26N6O2/c1-22-21(23-10-4-9-19-24-16-6-2-3-7-17(16)25-19)27-13-11-26(12-14-27)20(28)18-8-5-15-29-18/h2-3,5-8,15H,4,9-14H2,1H3,(H,22,23)(H,24,25). The molecule has 3 heterocycles. The number of aromatic amines is 1. The molecule has 3 aromatic rings. The summed E-state index contributed by atoms with van der Waals surface area (Å²) in [6, 6.07) is 11.5. The van der Waals surface area contributed by atoms with Crippen LogP contribution in [0, 0.1) is 0 Å². The summed E-state index contributed by atoms with van der Waals surface area (Å²) >= 11 is 0. The number of aryl methyl sites for hydroxylation is 1. The van der Waals surface area contributed by atoms with E-state index in [-0.39, 0.29) is 5.91 Å². The molecular weight excluding hydrogens is 368 g/mol. The molecule has 2 aromatic heterocycles. The molecule has 1 aliphatic heterocycles. The first-order chi connectivity index (χ1) is 14.2. The van der Waals surface area contributed by atoms with Crippen LogP contribution < -0.4 is 5.32 Å². The SMILES string of the molecule is CN=C(NCCCc1nc2ccccc2[nH]1)N1CCN(C(=O)c2ccco2)CC1. The Morgan fingerprint density at radius 3 is 2.69 bits per heavy atom. The molecule has 1 amide bonds. The number of amides is 1. The summed E-state index contributed by atoms with van der Waals surface area (Å²) in [6.07, 6.45) is 3.36. The maximum Gasteiger partial charge on any atom is 0.289 e. The van der Waals surface area contributed by atoms with Gasteiger partial charge in [0.25, 0.3) is 5.91 Å². The molecule has 0 spiro atoms. The Hall–Kier alpha value is -3.29. The highest BCUT2D eigenvalue weighted by Crippen LogP contribution is 2.12. The molecule has 29 heavy (non-hydrogen) atoms. The number of nitrogens with zero attached hydrogens (tertiary/aromatic N) is 4. The van der Waals surface area contributed by atoms with Crippen LogP contribution in [0.5, 0.6) is 0 Å². The molecule has 0 saturated carbocycles. The molecule has 1 fully saturated rings. The number of carbonyl (C=O) groups excluding carboxylic acids is 1. The minimum absolute atomic E-state index is 0.0524. The first-order valence-corrected chi connectivity index (χ1v) is 9.96. The largest absolute Gasteiger partial charge is 0.459 e. The first kappa shape index (κ1) is 19.0. The van der Waals surface area contributed by atoms with E-state index in [0.717, 1.165) is 55.3 Å². The second-order valence-electron chi connectivity index (χ2n) is 7.03. The molecule has 0 bridgehead atoms. The van der Waals surface area contributed by atoms with E-state index >= 15 is 0 Å². The molecule has 8 heteroatoms. The van der Waals surface area contributed by atoms with Crippen LogP contribution >= 0.6 is 0 Å². The molecule has 0 aliphatic carbocycles. The van der Waals surface area contributed by atoms with Gasteiger partial charge in [0.2, 0.25) is 0 Å². The monoisotopic (exact) mass is 394 g/mol. The van der Waals surface area contributed by atoms with E-state index in [0.29, 0.717) is 18.8 Å². The van der Waals surface area contributed by atoms with Gasteiger partial charge < -0.3 is 24.5 Å². The Kier molecular flexibility index (Phi) is 5.79. The van der Waals surface area contributed by atoms with E-state index in [4.69, 9.17) is 4.42 Å². The van der Waals surface area contributed by atoms with Gasteiger partial charge in [0.05, 0.1) is 17.3 Å². The van der Waals surface area contributed by atoms with Crippen molar-refractivity contribution in [2.45, 2.75) is 12.8 Å². The van der Waals surface area contributed by atoms with Gasteiger partial charge in [-0.25, -0.2) is 4.98 Å². The number of benzene rings is 1. The minimum Gasteiger partial charge on any atom is -0.459 e. The number of aliphatic imine (C=N–C) groups is 1. The summed E-state index contributed by atoms with van der Waals surface area (Å²) in [5.74, 6) is 2.22. The summed E-state index contributed by atoms with van der Waals surface area (Å²) < 4.78 is 5.22. The number of guanidine groups is 1. The molecule has 1 aliphatic rings. The summed E-state index contributed by atoms with van der Waals surface area (Å²) in [5, 5.41) is 3.43. The fraction of sp³-hybridized carbons (Fsp3) is 0.381. The number of carbonyl (C=O) groups is 1. The van der Waals surface area contributed by atoms with Crippen molar-refractivity contribution in [3.8, 4) is 0 Å². The number of furan rings is 1. The zero-order chi connectivity index (χ0) is 20.1. The highest BCUT2D eigenvalue weighted by atomic mass is 16.3. The van der Waals surface area contributed by atoms with Crippen LogP contribution in [0.25, 0.3) is 11.0 Å². The highest BCUT2D eigenvalue weighted by molar-refractivity contribution is 5.91. The van der Waals surface area contributed by atoms with Crippen molar-refractivity contribution in [2.24, 2.45) is 4.99 Å². The van der Waals surface area contributed by atoms with Crippen molar-refractivity contribution in [2.75, 3.05) is 39.8 Å². The summed E-state index contributed by atoms with van der Waals surface area (Å²) in [4.78, 5) is 28.8. The molecule has 0 unspecified atom stereocenters. The molecule has 0 radical (unpaired) electrons. The molecule has 1 saturated heterocycles. The zero-order valence-electron chi connectivity index (χ0n) is 16.6. The Morgan fingerprint density at radius 1 is 1.17 bits per heavy atom. The van der Waals surface area contributed by atoms with Gasteiger partial charge in [0.15, 0.2) is 11.7 Å². The molecular formula is C21H26N6O2. The molecule has 1 aromatic carbocycles. The van der Waals surface area contributed by atoms with Gasteiger partial charge in [-0.2, -0.15) is 0 Å². The van der Waals surface area contributed by atoms with E-state index in [1.54, 1.807) is 19.2 Å². The number of imidazole rings is 1. The van der Waals surface area contributed by atoms with Gasteiger partial charge in [0, 0.05) is 46.2 Å². The highest BCUT2D eigenvalue weighted by Gasteiger charge is 2.25. The fourth-order valence-electron chi connectivity index (χ4n) is 3.59. The smallest absolute Gasteiger partial charge is 0.289 e. The van der Waals surface area contributed by atoms with Gasteiger partial charge in [-0.15, -0.1) is 0 Å². The summed E-state index contributed by atoms with van der Waals surface area (Å²) in [5.41, 5.74) is 2.08. The minimum atomic E-state index is -0.0524. The molecule has 152 valence electrons. The lowest BCUT2D eigenvalue weighted by molar-refractivity contribution is 0.0658. The van der Waals surface area contributed by atoms with E-state index in [1.807, 2.05) is 29.2 Å². The third-order valence-corrected chi connectivity index (χ3v) is 5.12. The predicted octanol–water partition coefficient (Wildman–Crippen LogP) is 2.12. The van der Waals surface area contributed by atoms with Crippen LogP contribution in [0.2, 0.25) is 0 Å². The van der Waals surface area contributed by atoms with E-state index < -0.39 is 0 Å². The van der Waals surface area contributed by atoms with Gasteiger partial charge in [-0.05, 0) is 30.7 Å². The summed E-state index contributed by atoms with van der Waals surface area (Å²) in [7, 11) is 1.79. The molecule has 2 N–H and O–H groups in total. The number of rotatable bonds is 5. The molecule has 0 atom stereocenters. The zero-order valence-corrected chi connectivity index (χ0v) is 16.6. The number of hydrogen-bond acceptors (Lipinski definition) is 4. The van der Waals surface area contributed by atoms with Crippen LogP contribution in [0.15, 0.2) is 52.1 Å². The number of nitrogens with one attached hydrogen (secondary N) is 2. The predicted molar refractivity (Wildman–Crippen MR) is 112 cm³/mol. The van der Waals surface area contributed by atoms with Gasteiger partial charge in [0.1, 0.15) is 5.82 Å². The van der Waals surface area contributed by atoms with Crippen molar-refractivity contribution < 1.29 is 9.21 Å². The molecule has 8 nitrogen and oxygen atoms in total. The Labute approximate surface area is 169 Å². The van der Waals surface area contributed by atoms with E-state index in [9.17, 15) is 4.79 Å². The average molecular weight is 394 g/mol. The van der Waals surface area contributed by atoms with Crippen LogP contribution in [0.3, 0.4) is 0 Å². The van der Waals surface area contributed by atoms with Crippen molar-refractivity contribution in [3.05, 3.63) is 54.2 Å². The van der Waals surface area contributed by atoms with Crippen LogP contribution in [-0.4, -0.2) is 71.4 Å². The van der Waals surface area contributed by atoms with Gasteiger partial charge in [-0.3, -0.25) is 9.79 Å². The lowest BCUT2D eigenvalue weighted by atomic mass is 10.3. The summed E-state index contributed by atoms with van der Waals surface area (Å²) in [6.45, 7) is 3.61. The second kappa shape index (κ2) is 8.81. The lowest BCUT2D eigenvalue weighted by Crippen LogP contribution is -2.53. The second-order valence-corrected chi connectivity index (χ2v) is 7.03. The van der Waals surface area contributed by atoms with E-state index in [1.165, 1.54) is 6.26 Å². The quantitative estimate of drug-likeness (QED) is 0.393. The van der Waals surface area contributed by atoms with E-state index in [2.05, 4.69) is 25.2 Å².